The van der Waals surface area contributed by atoms with Crippen LogP contribution in [0, 0.1) is 0 Å². The normalized spacial score (nSPS) is 12.9. The fraction of sp³-hybridized carbons (Fsp3) is 0.533. The van der Waals surface area contributed by atoms with Gasteiger partial charge in [-0.3, -0.25) is 4.79 Å². The van der Waals surface area contributed by atoms with Crippen LogP contribution in [0.3, 0.4) is 0 Å². The summed E-state index contributed by atoms with van der Waals surface area (Å²) in [7, 11) is 0. The first kappa shape index (κ1) is 14.6. The first-order chi connectivity index (χ1) is 8.32. The van der Waals surface area contributed by atoms with Gasteiger partial charge in [-0.1, -0.05) is 39.8 Å². The van der Waals surface area contributed by atoms with Gasteiger partial charge in [0.2, 0.25) is 6.29 Å². The van der Waals surface area contributed by atoms with Gasteiger partial charge in [0, 0.05) is 13.3 Å². The molecule has 0 fully saturated rings. The Morgan fingerprint density at radius 2 is 1.78 bits per heavy atom. The summed E-state index contributed by atoms with van der Waals surface area (Å²) >= 11 is 0. The molecule has 1 atom stereocenters. The summed E-state index contributed by atoms with van der Waals surface area (Å²) in [6, 6.07) is 7.86. The van der Waals surface area contributed by atoms with Crippen molar-refractivity contribution < 1.29 is 14.3 Å². The van der Waals surface area contributed by atoms with Crippen molar-refractivity contribution in [3.05, 3.63) is 29.8 Å². The van der Waals surface area contributed by atoms with Crippen LogP contribution in [-0.4, -0.2) is 12.3 Å². The Balaban J connectivity index is 2.61. The number of rotatable bonds is 4. The molecular weight excluding hydrogens is 228 g/mol. The average Bonchev–Trinajstić information content (AvgIpc) is 2.28. The third-order valence-corrected chi connectivity index (χ3v) is 2.61. The van der Waals surface area contributed by atoms with Crippen LogP contribution in [0.1, 0.15) is 46.6 Å². The van der Waals surface area contributed by atoms with E-state index in [9.17, 15) is 4.79 Å². The van der Waals surface area contributed by atoms with Crippen LogP contribution in [0.2, 0.25) is 0 Å². The first-order valence-corrected chi connectivity index (χ1v) is 6.29. The molecule has 0 bridgehead atoms. The number of benzene rings is 1. The van der Waals surface area contributed by atoms with Crippen LogP contribution in [0.4, 0.5) is 0 Å². The zero-order valence-electron chi connectivity index (χ0n) is 11.8. The Labute approximate surface area is 109 Å². The van der Waals surface area contributed by atoms with Crippen LogP contribution in [0.5, 0.6) is 5.75 Å². The number of ether oxygens (including phenoxy) is 2. The molecule has 0 aromatic heterocycles. The third-order valence-electron chi connectivity index (χ3n) is 2.61. The minimum atomic E-state index is -0.557. The van der Waals surface area contributed by atoms with Gasteiger partial charge >= 0.3 is 5.97 Å². The molecule has 0 aliphatic heterocycles. The van der Waals surface area contributed by atoms with Crippen molar-refractivity contribution in [2.45, 2.75) is 52.7 Å². The molecule has 100 valence electrons. The second-order valence-electron chi connectivity index (χ2n) is 5.30. The topological polar surface area (TPSA) is 35.5 Å². The Morgan fingerprint density at radius 3 is 2.22 bits per heavy atom. The smallest absolute Gasteiger partial charge is 0.308 e. The van der Waals surface area contributed by atoms with Crippen LogP contribution in [-0.2, 0) is 14.9 Å². The lowest BCUT2D eigenvalue weighted by Gasteiger charge is -2.20. The zero-order valence-corrected chi connectivity index (χ0v) is 11.8. The highest BCUT2D eigenvalue weighted by Gasteiger charge is 2.14. The Hall–Kier alpha value is -1.51. The predicted octanol–water partition coefficient (Wildman–Crippen LogP) is 3.66. The number of hydrogen-bond acceptors (Lipinski definition) is 3. The third kappa shape index (κ3) is 4.40. The van der Waals surface area contributed by atoms with Crippen molar-refractivity contribution in [2.24, 2.45) is 0 Å². The van der Waals surface area contributed by atoms with Gasteiger partial charge in [-0.05, 0) is 23.1 Å². The van der Waals surface area contributed by atoms with E-state index >= 15 is 0 Å². The van der Waals surface area contributed by atoms with Crippen molar-refractivity contribution in [2.75, 3.05) is 0 Å². The highest BCUT2D eigenvalue weighted by molar-refractivity contribution is 5.68. The summed E-state index contributed by atoms with van der Waals surface area (Å²) in [4.78, 5) is 11.1. The molecule has 0 heterocycles. The fourth-order valence-corrected chi connectivity index (χ4v) is 1.52. The van der Waals surface area contributed by atoms with E-state index in [0.717, 1.165) is 0 Å². The van der Waals surface area contributed by atoms with E-state index in [1.54, 1.807) is 13.8 Å². The SMILES string of the molecule is CCC(=O)OC(C)Oc1ccc(C(C)(C)C)cc1. The molecular formula is C15H22O3. The molecule has 0 aliphatic carbocycles. The molecule has 1 unspecified atom stereocenters. The lowest BCUT2D eigenvalue weighted by molar-refractivity contribution is -0.160. The zero-order chi connectivity index (χ0) is 13.8. The van der Waals surface area contributed by atoms with Crippen molar-refractivity contribution in [3.63, 3.8) is 0 Å². The maximum absolute atomic E-state index is 11.1. The van der Waals surface area contributed by atoms with Crippen molar-refractivity contribution in [1.82, 2.24) is 0 Å². The van der Waals surface area contributed by atoms with Crippen molar-refractivity contribution in [1.29, 1.82) is 0 Å². The lowest BCUT2D eigenvalue weighted by atomic mass is 9.87. The van der Waals surface area contributed by atoms with Crippen molar-refractivity contribution >= 4 is 5.97 Å². The van der Waals surface area contributed by atoms with E-state index in [2.05, 4.69) is 20.8 Å². The molecule has 0 amide bonds. The van der Waals surface area contributed by atoms with Gasteiger partial charge in [0.15, 0.2) is 0 Å². The standard InChI is InChI=1S/C15H22O3/c1-6-14(16)18-11(2)17-13-9-7-12(8-10-13)15(3,4)5/h7-11H,6H2,1-5H3. The molecule has 0 saturated carbocycles. The number of esters is 1. The monoisotopic (exact) mass is 250 g/mol. The maximum atomic E-state index is 11.1. The number of hydrogen-bond donors (Lipinski definition) is 0. The van der Waals surface area contributed by atoms with Gasteiger partial charge in [0.25, 0.3) is 0 Å². The summed E-state index contributed by atoms with van der Waals surface area (Å²) in [5, 5.41) is 0. The van der Waals surface area contributed by atoms with Crippen LogP contribution >= 0.6 is 0 Å². The molecule has 0 N–H and O–H groups in total. The molecule has 0 radical (unpaired) electrons. The quantitative estimate of drug-likeness (QED) is 0.604. The van der Waals surface area contributed by atoms with E-state index in [-0.39, 0.29) is 11.4 Å². The minimum Gasteiger partial charge on any atom is -0.455 e. The van der Waals surface area contributed by atoms with Gasteiger partial charge in [0.05, 0.1) is 0 Å². The minimum absolute atomic E-state index is 0.124. The fourth-order valence-electron chi connectivity index (χ4n) is 1.52. The molecule has 18 heavy (non-hydrogen) atoms. The second-order valence-corrected chi connectivity index (χ2v) is 5.30. The summed E-state index contributed by atoms with van der Waals surface area (Å²) < 4.78 is 10.6. The number of carbonyl (C=O) groups excluding carboxylic acids is 1. The lowest BCUT2D eigenvalue weighted by Crippen LogP contribution is -2.20. The molecule has 1 rings (SSSR count). The van der Waals surface area contributed by atoms with Crippen LogP contribution in [0.15, 0.2) is 24.3 Å². The van der Waals surface area contributed by atoms with Gasteiger partial charge in [-0.15, -0.1) is 0 Å². The maximum Gasteiger partial charge on any atom is 0.308 e. The van der Waals surface area contributed by atoms with Crippen molar-refractivity contribution in [3.8, 4) is 5.75 Å². The van der Waals surface area contributed by atoms with E-state index in [0.29, 0.717) is 12.2 Å². The average molecular weight is 250 g/mol. The molecule has 3 nitrogen and oxygen atoms in total. The van der Waals surface area contributed by atoms with Gasteiger partial charge in [0.1, 0.15) is 5.75 Å². The summed E-state index contributed by atoms with van der Waals surface area (Å²) in [6.45, 7) is 9.95. The molecule has 3 heteroatoms. The summed E-state index contributed by atoms with van der Waals surface area (Å²) in [6.07, 6.45) is -0.200. The number of carbonyl (C=O) groups is 1. The molecule has 1 aromatic carbocycles. The Morgan fingerprint density at radius 1 is 1.22 bits per heavy atom. The highest BCUT2D eigenvalue weighted by atomic mass is 16.7. The van der Waals surface area contributed by atoms with Crippen LogP contribution in [0.25, 0.3) is 0 Å². The second kappa shape index (κ2) is 5.89. The molecule has 0 spiro atoms. The molecule has 0 aliphatic rings. The molecule has 1 aromatic rings. The Bertz CT molecular complexity index is 387. The van der Waals surface area contributed by atoms with Crippen LogP contribution < -0.4 is 4.74 Å². The van der Waals surface area contributed by atoms with E-state index < -0.39 is 6.29 Å². The largest absolute Gasteiger partial charge is 0.455 e. The van der Waals surface area contributed by atoms with E-state index in [4.69, 9.17) is 9.47 Å². The van der Waals surface area contributed by atoms with E-state index in [1.807, 2.05) is 24.3 Å². The highest BCUT2D eigenvalue weighted by Crippen LogP contribution is 2.24. The van der Waals surface area contributed by atoms with Gasteiger partial charge in [-0.2, -0.15) is 0 Å². The summed E-state index contributed by atoms with van der Waals surface area (Å²) in [5.41, 5.74) is 1.37. The van der Waals surface area contributed by atoms with Gasteiger partial charge in [-0.25, -0.2) is 0 Å². The van der Waals surface area contributed by atoms with Gasteiger partial charge < -0.3 is 9.47 Å². The Kier molecular flexibility index (Phi) is 4.76. The first-order valence-electron chi connectivity index (χ1n) is 6.29. The molecule has 0 saturated heterocycles. The van der Waals surface area contributed by atoms with E-state index in [1.165, 1.54) is 5.56 Å². The predicted molar refractivity (Wildman–Crippen MR) is 71.6 cm³/mol. The summed E-state index contributed by atoms with van der Waals surface area (Å²) in [5.74, 6) is 0.452.